The van der Waals surface area contributed by atoms with E-state index >= 15 is 0 Å². The first-order valence-corrected chi connectivity index (χ1v) is 9.51. The summed E-state index contributed by atoms with van der Waals surface area (Å²) in [6.45, 7) is 7.82. The highest BCUT2D eigenvalue weighted by molar-refractivity contribution is 5.96. The van der Waals surface area contributed by atoms with Crippen molar-refractivity contribution in [1.82, 2.24) is 20.2 Å². The van der Waals surface area contributed by atoms with E-state index in [2.05, 4.69) is 25.1 Å². The van der Waals surface area contributed by atoms with Gasteiger partial charge in [-0.3, -0.25) is 9.69 Å². The van der Waals surface area contributed by atoms with Crippen LogP contribution in [0.1, 0.15) is 21.9 Å². The summed E-state index contributed by atoms with van der Waals surface area (Å²) in [7, 11) is 0. The number of carbonyl (C=O) groups is 1. The summed E-state index contributed by atoms with van der Waals surface area (Å²) in [6, 6.07) is 9.92. The van der Waals surface area contributed by atoms with Crippen molar-refractivity contribution in [3.63, 3.8) is 0 Å². The monoisotopic (exact) mass is 367 g/mol. The molecule has 7 nitrogen and oxygen atoms in total. The van der Waals surface area contributed by atoms with Crippen molar-refractivity contribution in [3.05, 3.63) is 47.4 Å². The maximum Gasteiger partial charge on any atom is 0.270 e. The Bertz CT molecular complexity index is 804. The zero-order valence-electron chi connectivity index (χ0n) is 15.6. The van der Waals surface area contributed by atoms with E-state index in [1.165, 1.54) is 0 Å². The number of hydrogen-bond donors (Lipinski definition) is 1. The molecule has 0 atom stereocenters. The number of benzene rings is 1. The molecule has 0 unspecified atom stereocenters. The Morgan fingerprint density at radius 3 is 2.67 bits per heavy atom. The molecule has 0 bridgehead atoms. The van der Waals surface area contributed by atoms with E-state index in [9.17, 15) is 4.79 Å². The van der Waals surface area contributed by atoms with E-state index in [-0.39, 0.29) is 5.91 Å². The highest BCUT2D eigenvalue weighted by atomic mass is 16.5. The van der Waals surface area contributed by atoms with Gasteiger partial charge in [0, 0.05) is 44.8 Å². The summed E-state index contributed by atoms with van der Waals surface area (Å²) in [6.07, 6.45) is 0.793. The predicted octanol–water partition coefficient (Wildman–Crippen LogP) is 1.27. The van der Waals surface area contributed by atoms with E-state index in [0.29, 0.717) is 24.7 Å². The minimum Gasteiger partial charge on any atom is -0.492 e. The first-order valence-electron chi connectivity index (χ1n) is 9.51. The molecule has 0 aliphatic carbocycles. The number of para-hydroxylation sites is 1. The molecule has 142 valence electrons. The first kappa shape index (κ1) is 17.7. The van der Waals surface area contributed by atoms with Crippen LogP contribution in [0.5, 0.6) is 5.75 Å². The van der Waals surface area contributed by atoms with Crippen molar-refractivity contribution in [2.75, 3.05) is 50.8 Å². The molecule has 7 heteroatoms. The molecule has 3 heterocycles. The van der Waals surface area contributed by atoms with Crippen molar-refractivity contribution in [3.8, 4) is 5.75 Å². The number of hydrogen-bond acceptors (Lipinski definition) is 6. The molecule has 0 radical (unpaired) electrons. The number of nitrogens with one attached hydrogen (secondary N) is 1. The van der Waals surface area contributed by atoms with Gasteiger partial charge in [0.1, 0.15) is 29.7 Å². The lowest BCUT2D eigenvalue weighted by atomic mass is 10.1. The van der Waals surface area contributed by atoms with Gasteiger partial charge in [0.2, 0.25) is 0 Å². The Morgan fingerprint density at radius 2 is 1.89 bits per heavy atom. The van der Waals surface area contributed by atoms with Crippen molar-refractivity contribution in [1.29, 1.82) is 0 Å². The zero-order chi connectivity index (χ0) is 18.6. The normalized spacial score (nSPS) is 17.4. The van der Waals surface area contributed by atoms with Crippen molar-refractivity contribution < 1.29 is 9.53 Å². The second-order valence-electron chi connectivity index (χ2n) is 6.92. The number of nitrogens with zero attached hydrogens (tertiary/aromatic N) is 4. The number of aromatic nitrogens is 2. The van der Waals surface area contributed by atoms with E-state index in [0.717, 1.165) is 56.3 Å². The minimum absolute atomic E-state index is 0.0836. The van der Waals surface area contributed by atoms with Gasteiger partial charge in [-0.25, -0.2) is 9.97 Å². The summed E-state index contributed by atoms with van der Waals surface area (Å²) < 4.78 is 5.80. The summed E-state index contributed by atoms with van der Waals surface area (Å²) in [4.78, 5) is 25.8. The van der Waals surface area contributed by atoms with Crippen molar-refractivity contribution in [2.24, 2.45) is 0 Å². The Kier molecular flexibility index (Phi) is 5.20. The van der Waals surface area contributed by atoms with Crippen LogP contribution in [0, 0.1) is 6.92 Å². The third-order valence-electron chi connectivity index (χ3n) is 5.06. The lowest BCUT2D eigenvalue weighted by molar-refractivity contribution is 0.0940. The van der Waals surface area contributed by atoms with E-state index in [1.54, 1.807) is 0 Å². The molecule has 0 spiro atoms. The lowest BCUT2D eigenvalue weighted by Crippen LogP contribution is -2.48. The van der Waals surface area contributed by atoms with Gasteiger partial charge in [-0.05, 0) is 25.5 Å². The largest absolute Gasteiger partial charge is 0.492 e. The maximum absolute atomic E-state index is 12.1. The molecule has 1 N–H and O–H groups in total. The number of fused-ring (bicyclic) bond motifs is 1. The average molecular weight is 367 g/mol. The molecule has 2 aliphatic rings. The van der Waals surface area contributed by atoms with Crippen LogP contribution in [0.15, 0.2) is 30.3 Å². The summed E-state index contributed by atoms with van der Waals surface area (Å²) in [5.74, 6) is 2.42. The fourth-order valence-corrected chi connectivity index (χ4v) is 3.64. The van der Waals surface area contributed by atoms with Crippen LogP contribution in [0.3, 0.4) is 0 Å². The van der Waals surface area contributed by atoms with Gasteiger partial charge in [-0.2, -0.15) is 0 Å². The molecule has 27 heavy (non-hydrogen) atoms. The molecule has 1 amide bonds. The standard InChI is InChI=1S/C20H25N5O2/c1-15-22-18-17(7-8-21-20(18)26)19(23-15)25-11-9-24(10-12-25)13-14-27-16-5-3-2-4-6-16/h2-6H,7-14H2,1H3,(H,21,26). The number of rotatable bonds is 5. The molecule has 1 aromatic carbocycles. The van der Waals surface area contributed by atoms with Crippen LogP contribution < -0.4 is 15.0 Å². The molecular weight excluding hydrogens is 342 g/mol. The van der Waals surface area contributed by atoms with Crippen LogP contribution in [-0.2, 0) is 6.42 Å². The van der Waals surface area contributed by atoms with Crippen LogP contribution in [0.2, 0.25) is 0 Å². The predicted molar refractivity (Wildman–Crippen MR) is 103 cm³/mol. The van der Waals surface area contributed by atoms with Crippen molar-refractivity contribution >= 4 is 11.7 Å². The Labute approximate surface area is 159 Å². The van der Waals surface area contributed by atoms with E-state index in [1.807, 2.05) is 37.3 Å². The van der Waals surface area contributed by atoms with Gasteiger partial charge in [0.25, 0.3) is 5.91 Å². The second-order valence-corrected chi connectivity index (χ2v) is 6.92. The molecule has 0 saturated carbocycles. The smallest absolute Gasteiger partial charge is 0.270 e. The zero-order valence-corrected chi connectivity index (χ0v) is 15.6. The quantitative estimate of drug-likeness (QED) is 0.858. The van der Waals surface area contributed by atoms with Crippen LogP contribution >= 0.6 is 0 Å². The minimum atomic E-state index is -0.0836. The van der Waals surface area contributed by atoms with Gasteiger partial charge < -0.3 is 15.0 Å². The van der Waals surface area contributed by atoms with E-state index in [4.69, 9.17) is 4.74 Å². The topological polar surface area (TPSA) is 70.6 Å². The molecule has 1 aromatic heterocycles. The Balaban J connectivity index is 1.35. The Morgan fingerprint density at radius 1 is 1.11 bits per heavy atom. The molecular formula is C20H25N5O2. The van der Waals surface area contributed by atoms with E-state index < -0.39 is 0 Å². The third-order valence-corrected chi connectivity index (χ3v) is 5.06. The van der Waals surface area contributed by atoms with Crippen LogP contribution in [0.4, 0.5) is 5.82 Å². The average Bonchev–Trinajstić information content (AvgIpc) is 2.70. The van der Waals surface area contributed by atoms with Gasteiger partial charge in [-0.1, -0.05) is 18.2 Å². The summed E-state index contributed by atoms with van der Waals surface area (Å²) in [5.41, 5.74) is 1.53. The van der Waals surface area contributed by atoms with Gasteiger partial charge in [0.15, 0.2) is 0 Å². The number of amides is 1. The van der Waals surface area contributed by atoms with Gasteiger partial charge in [-0.15, -0.1) is 0 Å². The molecule has 1 saturated heterocycles. The number of anilines is 1. The molecule has 1 fully saturated rings. The van der Waals surface area contributed by atoms with Crippen molar-refractivity contribution in [2.45, 2.75) is 13.3 Å². The number of aryl methyl sites for hydroxylation is 1. The lowest BCUT2D eigenvalue weighted by Gasteiger charge is -2.36. The van der Waals surface area contributed by atoms with Crippen LogP contribution in [0.25, 0.3) is 0 Å². The number of carbonyl (C=O) groups excluding carboxylic acids is 1. The molecule has 4 rings (SSSR count). The van der Waals surface area contributed by atoms with Gasteiger partial charge in [0.05, 0.1) is 0 Å². The Hall–Kier alpha value is -2.67. The first-order chi connectivity index (χ1) is 13.2. The third kappa shape index (κ3) is 4.03. The SMILES string of the molecule is Cc1nc2c(c(N3CCN(CCOc4ccccc4)CC3)n1)CCNC2=O. The van der Waals surface area contributed by atoms with Crippen LogP contribution in [-0.4, -0.2) is 66.7 Å². The summed E-state index contributed by atoms with van der Waals surface area (Å²) >= 11 is 0. The highest BCUT2D eigenvalue weighted by Crippen LogP contribution is 2.24. The maximum atomic E-state index is 12.1. The molecule has 2 aliphatic heterocycles. The number of ether oxygens (including phenoxy) is 1. The fraction of sp³-hybridized carbons (Fsp3) is 0.450. The fourth-order valence-electron chi connectivity index (χ4n) is 3.64. The molecule has 2 aromatic rings. The van der Waals surface area contributed by atoms with Gasteiger partial charge >= 0.3 is 0 Å². The summed E-state index contributed by atoms with van der Waals surface area (Å²) in [5, 5.41) is 2.87. The highest BCUT2D eigenvalue weighted by Gasteiger charge is 2.27. The second kappa shape index (κ2) is 7.92. The number of piperazine rings is 1.